The summed E-state index contributed by atoms with van der Waals surface area (Å²) in [7, 11) is 0. The van der Waals surface area contributed by atoms with E-state index < -0.39 is 0 Å². The predicted octanol–water partition coefficient (Wildman–Crippen LogP) is 1.89. The molecule has 0 spiro atoms. The molecule has 0 amide bonds. The second kappa shape index (κ2) is 3.73. The van der Waals surface area contributed by atoms with Crippen LogP contribution in [0.25, 0.3) is 16.6 Å². The fourth-order valence-corrected chi connectivity index (χ4v) is 1.99. The molecule has 0 bridgehead atoms. The number of aryl methyl sites for hydroxylation is 1. The number of benzene rings is 1. The van der Waals surface area contributed by atoms with Crippen LogP contribution >= 0.6 is 0 Å². The Bertz CT molecular complexity index is 729. The van der Waals surface area contributed by atoms with E-state index in [1.54, 1.807) is 17.1 Å². The molecule has 0 aliphatic rings. The summed E-state index contributed by atoms with van der Waals surface area (Å²) in [5.41, 5.74) is 15.1. The van der Waals surface area contributed by atoms with E-state index in [0.29, 0.717) is 11.5 Å². The summed E-state index contributed by atoms with van der Waals surface area (Å²) in [6.45, 7) is 2.04. The Kier molecular flexibility index (Phi) is 2.19. The van der Waals surface area contributed by atoms with Crippen LogP contribution in [0.4, 0.5) is 11.5 Å². The van der Waals surface area contributed by atoms with Gasteiger partial charge in [-0.05, 0) is 24.6 Å². The number of nitrogens with zero attached hydrogens (tertiary/aromatic N) is 3. The minimum Gasteiger partial charge on any atom is -0.394 e. The zero-order chi connectivity index (χ0) is 12.7. The van der Waals surface area contributed by atoms with E-state index in [4.69, 9.17) is 11.5 Å². The van der Waals surface area contributed by atoms with Gasteiger partial charge in [0.15, 0.2) is 5.82 Å². The van der Waals surface area contributed by atoms with Crippen molar-refractivity contribution in [2.45, 2.75) is 6.92 Å². The monoisotopic (exact) mass is 239 g/mol. The van der Waals surface area contributed by atoms with E-state index >= 15 is 0 Å². The van der Waals surface area contributed by atoms with Gasteiger partial charge in [-0.3, -0.25) is 4.98 Å². The topological polar surface area (TPSA) is 82.8 Å². The molecule has 3 rings (SSSR count). The second-order valence-electron chi connectivity index (χ2n) is 4.25. The lowest BCUT2D eigenvalue weighted by molar-refractivity contribution is 0.897. The first kappa shape index (κ1) is 10.6. The van der Waals surface area contributed by atoms with Gasteiger partial charge in [-0.15, -0.1) is 0 Å². The maximum atomic E-state index is 5.91. The van der Waals surface area contributed by atoms with Gasteiger partial charge in [-0.1, -0.05) is 12.1 Å². The Labute approximate surface area is 104 Å². The molecule has 0 saturated carbocycles. The lowest BCUT2D eigenvalue weighted by Gasteiger charge is -2.08. The van der Waals surface area contributed by atoms with E-state index in [2.05, 4.69) is 10.1 Å². The van der Waals surface area contributed by atoms with Crippen LogP contribution in [-0.4, -0.2) is 14.8 Å². The number of hydrogen-bond acceptors (Lipinski definition) is 4. The van der Waals surface area contributed by atoms with Gasteiger partial charge in [0.2, 0.25) is 0 Å². The van der Waals surface area contributed by atoms with Gasteiger partial charge in [0.1, 0.15) is 0 Å². The quantitative estimate of drug-likeness (QED) is 0.679. The van der Waals surface area contributed by atoms with Crippen molar-refractivity contribution in [3.05, 3.63) is 42.2 Å². The highest BCUT2D eigenvalue weighted by Gasteiger charge is 2.09. The highest BCUT2D eigenvalue weighted by Crippen LogP contribution is 2.25. The van der Waals surface area contributed by atoms with Crippen LogP contribution in [0.2, 0.25) is 0 Å². The standard InChI is InChI=1S/C13H13N5/c1-8-2-3-9-11(6-8)16-5-4-12(9)18-13(15)10(14)7-17-18/h2-7H,14-15H2,1H3. The summed E-state index contributed by atoms with van der Waals surface area (Å²) in [4.78, 5) is 4.35. The van der Waals surface area contributed by atoms with Crippen LogP contribution in [0.5, 0.6) is 0 Å². The number of nitrogen functional groups attached to an aromatic ring is 2. The molecule has 1 aromatic carbocycles. The third-order valence-electron chi connectivity index (χ3n) is 2.94. The molecule has 18 heavy (non-hydrogen) atoms. The predicted molar refractivity (Wildman–Crippen MR) is 72.4 cm³/mol. The minimum absolute atomic E-state index is 0.447. The second-order valence-corrected chi connectivity index (χ2v) is 4.25. The van der Waals surface area contributed by atoms with Gasteiger partial charge in [-0.25, -0.2) is 4.68 Å². The number of aromatic nitrogens is 3. The van der Waals surface area contributed by atoms with Crippen LogP contribution < -0.4 is 11.5 Å². The number of fused-ring (bicyclic) bond motifs is 1. The molecule has 90 valence electrons. The zero-order valence-corrected chi connectivity index (χ0v) is 9.96. The first-order valence-electron chi connectivity index (χ1n) is 5.61. The van der Waals surface area contributed by atoms with E-state index in [0.717, 1.165) is 16.6 Å². The maximum Gasteiger partial charge on any atom is 0.150 e. The molecule has 0 radical (unpaired) electrons. The van der Waals surface area contributed by atoms with Crippen LogP contribution in [0.1, 0.15) is 5.56 Å². The van der Waals surface area contributed by atoms with Gasteiger partial charge < -0.3 is 11.5 Å². The van der Waals surface area contributed by atoms with Crippen molar-refractivity contribution in [2.75, 3.05) is 11.5 Å². The van der Waals surface area contributed by atoms with Gasteiger partial charge in [0.25, 0.3) is 0 Å². The molecule has 2 aromatic heterocycles. The SMILES string of the molecule is Cc1ccc2c(-n3ncc(N)c3N)ccnc2c1. The molecule has 0 saturated heterocycles. The fourth-order valence-electron chi connectivity index (χ4n) is 1.99. The van der Waals surface area contributed by atoms with Crippen molar-refractivity contribution in [2.24, 2.45) is 0 Å². The molecule has 0 atom stereocenters. The molecular weight excluding hydrogens is 226 g/mol. The van der Waals surface area contributed by atoms with Gasteiger partial charge in [0, 0.05) is 11.6 Å². The summed E-state index contributed by atoms with van der Waals surface area (Å²) in [5, 5.41) is 5.20. The van der Waals surface area contributed by atoms with Crippen molar-refractivity contribution < 1.29 is 0 Å². The van der Waals surface area contributed by atoms with Crippen LogP contribution in [0.15, 0.2) is 36.7 Å². The van der Waals surface area contributed by atoms with Gasteiger partial charge >= 0.3 is 0 Å². The molecule has 5 nitrogen and oxygen atoms in total. The largest absolute Gasteiger partial charge is 0.394 e. The highest BCUT2D eigenvalue weighted by atomic mass is 15.3. The summed E-state index contributed by atoms with van der Waals surface area (Å²) in [6, 6.07) is 7.96. The molecule has 3 aromatic rings. The van der Waals surface area contributed by atoms with E-state index in [1.807, 2.05) is 31.2 Å². The number of pyridine rings is 1. The number of anilines is 2. The zero-order valence-electron chi connectivity index (χ0n) is 9.96. The van der Waals surface area contributed by atoms with E-state index in [1.165, 1.54) is 5.56 Å². The number of hydrogen-bond donors (Lipinski definition) is 2. The Balaban J connectivity index is 2.33. The first-order chi connectivity index (χ1) is 8.66. The van der Waals surface area contributed by atoms with Crippen molar-refractivity contribution >= 4 is 22.4 Å². The summed E-state index contributed by atoms with van der Waals surface area (Å²) in [6.07, 6.45) is 3.30. The Morgan fingerprint density at radius 3 is 2.72 bits per heavy atom. The number of rotatable bonds is 1. The molecule has 4 N–H and O–H groups in total. The molecule has 2 heterocycles. The molecule has 0 aliphatic heterocycles. The Hall–Kier alpha value is -2.56. The average Bonchev–Trinajstić information content (AvgIpc) is 2.69. The highest BCUT2D eigenvalue weighted by molar-refractivity contribution is 5.88. The Morgan fingerprint density at radius 1 is 1.17 bits per heavy atom. The van der Waals surface area contributed by atoms with Crippen LogP contribution in [-0.2, 0) is 0 Å². The first-order valence-corrected chi connectivity index (χ1v) is 5.61. The lowest BCUT2D eigenvalue weighted by atomic mass is 10.1. The molecule has 5 heteroatoms. The minimum atomic E-state index is 0.447. The lowest BCUT2D eigenvalue weighted by Crippen LogP contribution is -2.04. The van der Waals surface area contributed by atoms with Crippen LogP contribution in [0.3, 0.4) is 0 Å². The average molecular weight is 239 g/mol. The third kappa shape index (κ3) is 1.48. The van der Waals surface area contributed by atoms with Crippen molar-refractivity contribution in [1.82, 2.24) is 14.8 Å². The van der Waals surface area contributed by atoms with Crippen molar-refractivity contribution in [3.63, 3.8) is 0 Å². The van der Waals surface area contributed by atoms with Crippen molar-refractivity contribution in [3.8, 4) is 5.69 Å². The fraction of sp³-hybridized carbons (Fsp3) is 0.0769. The molecule has 0 aliphatic carbocycles. The molecule has 0 fully saturated rings. The summed E-state index contributed by atoms with van der Waals surface area (Å²) in [5.74, 6) is 0.447. The van der Waals surface area contributed by atoms with E-state index in [9.17, 15) is 0 Å². The molecular formula is C13H13N5. The third-order valence-corrected chi connectivity index (χ3v) is 2.94. The smallest absolute Gasteiger partial charge is 0.150 e. The van der Waals surface area contributed by atoms with Gasteiger partial charge in [0.05, 0.1) is 23.1 Å². The molecule has 0 unspecified atom stereocenters. The van der Waals surface area contributed by atoms with Crippen molar-refractivity contribution in [1.29, 1.82) is 0 Å². The maximum absolute atomic E-state index is 5.91. The Morgan fingerprint density at radius 2 is 2.00 bits per heavy atom. The summed E-state index contributed by atoms with van der Waals surface area (Å²) >= 11 is 0. The summed E-state index contributed by atoms with van der Waals surface area (Å²) < 4.78 is 1.63. The number of nitrogens with two attached hydrogens (primary N) is 2. The normalized spacial score (nSPS) is 10.9. The van der Waals surface area contributed by atoms with Gasteiger partial charge in [-0.2, -0.15) is 5.10 Å². The van der Waals surface area contributed by atoms with E-state index in [-0.39, 0.29) is 0 Å². The van der Waals surface area contributed by atoms with Crippen LogP contribution in [0, 0.1) is 6.92 Å².